The lowest BCUT2D eigenvalue weighted by atomic mass is 9.89. The van der Waals surface area contributed by atoms with E-state index in [0.717, 1.165) is 47.5 Å². The summed E-state index contributed by atoms with van der Waals surface area (Å²) in [5.41, 5.74) is 3.70. The number of phenolic OH excluding ortho intramolecular Hbond substituents is 1. The first-order valence-corrected chi connectivity index (χ1v) is 10.4. The van der Waals surface area contributed by atoms with Crippen molar-refractivity contribution < 1.29 is 14.6 Å². The summed E-state index contributed by atoms with van der Waals surface area (Å²) in [7, 11) is 3.63. The van der Waals surface area contributed by atoms with Crippen molar-refractivity contribution in [1.82, 2.24) is 14.8 Å². The maximum Gasteiger partial charge on any atom is 0.256 e. The molecule has 0 aliphatic carbocycles. The summed E-state index contributed by atoms with van der Waals surface area (Å²) in [5.74, 6) is 1.88. The highest BCUT2D eigenvalue weighted by Gasteiger charge is 2.47. The monoisotopic (exact) mass is 441 g/mol. The Morgan fingerprint density at radius 1 is 1.16 bits per heavy atom. The molecule has 0 saturated carbocycles. The van der Waals surface area contributed by atoms with Crippen molar-refractivity contribution in [3.8, 4) is 11.5 Å². The summed E-state index contributed by atoms with van der Waals surface area (Å²) in [6.45, 7) is 4.57. The molecule has 2 N–H and O–H groups in total. The Labute approximate surface area is 188 Å². The van der Waals surface area contributed by atoms with Gasteiger partial charge in [0.05, 0.1) is 18.7 Å². The van der Waals surface area contributed by atoms with E-state index in [1.165, 1.54) is 0 Å². The number of halogens is 1. The molecule has 0 unspecified atom stereocenters. The molecule has 1 aromatic heterocycles. The Morgan fingerprint density at radius 2 is 1.90 bits per heavy atom. The van der Waals surface area contributed by atoms with E-state index in [2.05, 4.69) is 17.4 Å². The van der Waals surface area contributed by atoms with E-state index in [-0.39, 0.29) is 30.1 Å². The summed E-state index contributed by atoms with van der Waals surface area (Å²) in [4.78, 5) is 16.0. The lowest BCUT2D eigenvalue weighted by molar-refractivity contribution is 0.0715. The number of carbonyl (C=O) groups is 1. The Morgan fingerprint density at radius 3 is 2.61 bits per heavy atom. The second-order valence-corrected chi connectivity index (χ2v) is 8.48. The van der Waals surface area contributed by atoms with Crippen LogP contribution in [0.15, 0.2) is 42.5 Å². The minimum Gasteiger partial charge on any atom is -0.508 e. The SMILES string of the molecule is COc1ccc([C@H]2[C@H]3CNC[C@H]3CN2C(=O)c2c(C)n(C)c3ccc(O)cc23)cc1.Cl. The topological polar surface area (TPSA) is 66.7 Å². The summed E-state index contributed by atoms with van der Waals surface area (Å²) in [6.07, 6.45) is 0. The predicted octanol–water partition coefficient (Wildman–Crippen LogP) is 3.66. The first kappa shape index (κ1) is 21.5. The standard InChI is InChI=1S/C24H27N3O3.ClH/c1-14-22(19-10-17(28)6-9-21(19)26(14)2)24(29)27-13-16-11-25-12-20(16)23(27)15-4-7-18(30-3)8-5-15;/h4-10,16,20,23,25,28H,11-13H2,1-3H3;1H/t16-,20-,23-;/m0./s1. The van der Waals surface area contributed by atoms with E-state index in [0.29, 0.717) is 17.4 Å². The molecule has 2 aliphatic heterocycles. The average Bonchev–Trinajstić information content (AvgIpc) is 3.40. The Bertz CT molecular complexity index is 1130. The van der Waals surface area contributed by atoms with Gasteiger partial charge in [-0.25, -0.2) is 0 Å². The van der Waals surface area contributed by atoms with E-state index < -0.39 is 0 Å². The van der Waals surface area contributed by atoms with Gasteiger partial charge in [-0.2, -0.15) is 0 Å². The predicted molar refractivity (Wildman–Crippen MR) is 123 cm³/mol. The van der Waals surface area contributed by atoms with Crippen molar-refractivity contribution in [1.29, 1.82) is 0 Å². The molecule has 3 heterocycles. The zero-order chi connectivity index (χ0) is 21.0. The molecule has 31 heavy (non-hydrogen) atoms. The van der Waals surface area contributed by atoms with Crippen LogP contribution in [-0.2, 0) is 7.05 Å². The third kappa shape index (κ3) is 3.34. The van der Waals surface area contributed by atoms with Gasteiger partial charge in [0.15, 0.2) is 0 Å². The van der Waals surface area contributed by atoms with E-state index in [1.807, 2.05) is 41.6 Å². The summed E-state index contributed by atoms with van der Waals surface area (Å²) in [5, 5.41) is 14.4. The molecule has 6 nitrogen and oxygen atoms in total. The maximum absolute atomic E-state index is 13.9. The first-order chi connectivity index (χ1) is 14.5. The van der Waals surface area contributed by atoms with E-state index in [4.69, 9.17) is 4.74 Å². The van der Waals surface area contributed by atoms with Crippen LogP contribution in [-0.4, -0.2) is 47.2 Å². The molecule has 5 rings (SSSR count). The number of rotatable bonds is 3. The van der Waals surface area contributed by atoms with Crippen LogP contribution in [0.2, 0.25) is 0 Å². The number of fused-ring (bicyclic) bond motifs is 2. The number of ether oxygens (including phenoxy) is 1. The zero-order valence-electron chi connectivity index (χ0n) is 18.0. The lowest BCUT2D eigenvalue weighted by Crippen LogP contribution is -2.35. The van der Waals surface area contributed by atoms with Crippen molar-refractivity contribution in [2.75, 3.05) is 26.7 Å². The molecule has 7 heteroatoms. The lowest BCUT2D eigenvalue weighted by Gasteiger charge is -2.29. The number of amides is 1. The molecule has 2 fully saturated rings. The molecule has 164 valence electrons. The summed E-state index contributed by atoms with van der Waals surface area (Å²) in [6, 6.07) is 13.4. The van der Waals surface area contributed by atoms with Gasteiger partial charge in [0.2, 0.25) is 0 Å². The number of methoxy groups -OCH3 is 1. The van der Waals surface area contributed by atoms with Crippen molar-refractivity contribution >= 4 is 29.2 Å². The number of carbonyl (C=O) groups excluding carboxylic acids is 1. The highest BCUT2D eigenvalue weighted by atomic mass is 35.5. The second-order valence-electron chi connectivity index (χ2n) is 8.48. The average molecular weight is 442 g/mol. The van der Waals surface area contributed by atoms with Gasteiger partial charge < -0.3 is 24.6 Å². The quantitative estimate of drug-likeness (QED) is 0.651. The van der Waals surface area contributed by atoms with Crippen molar-refractivity contribution in [2.45, 2.75) is 13.0 Å². The van der Waals surface area contributed by atoms with Crippen LogP contribution in [0, 0.1) is 18.8 Å². The highest BCUT2D eigenvalue weighted by Crippen LogP contribution is 2.44. The number of likely N-dealkylation sites (tertiary alicyclic amines) is 1. The number of nitrogens with one attached hydrogen (secondary N) is 1. The molecule has 2 aromatic carbocycles. The van der Waals surface area contributed by atoms with Crippen LogP contribution >= 0.6 is 12.4 Å². The third-order valence-electron chi connectivity index (χ3n) is 6.97. The zero-order valence-corrected chi connectivity index (χ0v) is 18.8. The minimum atomic E-state index is 0. The number of aromatic hydroxyl groups is 1. The van der Waals surface area contributed by atoms with Crippen molar-refractivity contribution in [3.63, 3.8) is 0 Å². The van der Waals surface area contributed by atoms with Gasteiger partial charge in [-0.3, -0.25) is 4.79 Å². The van der Waals surface area contributed by atoms with E-state index in [9.17, 15) is 9.90 Å². The molecule has 0 spiro atoms. The molecule has 3 atom stereocenters. The molecule has 1 amide bonds. The van der Waals surface area contributed by atoms with Gasteiger partial charge >= 0.3 is 0 Å². The van der Waals surface area contributed by atoms with Crippen molar-refractivity contribution in [2.24, 2.45) is 18.9 Å². The van der Waals surface area contributed by atoms with Crippen LogP contribution in [0.1, 0.15) is 27.7 Å². The molecule has 3 aromatic rings. The van der Waals surface area contributed by atoms with E-state index >= 15 is 0 Å². The number of aryl methyl sites for hydroxylation is 1. The summed E-state index contributed by atoms with van der Waals surface area (Å²) >= 11 is 0. The van der Waals surface area contributed by atoms with Crippen LogP contribution in [0.25, 0.3) is 10.9 Å². The highest BCUT2D eigenvalue weighted by molar-refractivity contribution is 6.09. The van der Waals surface area contributed by atoms with Gasteiger partial charge in [-0.05, 0) is 48.7 Å². The normalized spacial score (nSPS) is 22.4. The van der Waals surface area contributed by atoms with Crippen molar-refractivity contribution in [3.05, 3.63) is 59.3 Å². The second kappa shape index (κ2) is 8.09. The Kier molecular flexibility index (Phi) is 5.62. The molecule has 0 bridgehead atoms. The van der Waals surface area contributed by atoms with Crippen LogP contribution in [0.4, 0.5) is 0 Å². The Balaban J connectivity index is 0.00000231. The van der Waals surface area contributed by atoms with Crippen LogP contribution < -0.4 is 10.1 Å². The number of hydrogen-bond donors (Lipinski definition) is 2. The number of phenols is 1. The van der Waals surface area contributed by atoms with Gasteiger partial charge in [0.25, 0.3) is 5.91 Å². The first-order valence-electron chi connectivity index (χ1n) is 10.4. The van der Waals surface area contributed by atoms with Crippen LogP contribution in [0.3, 0.4) is 0 Å². The van der Waals surface area contributed by atoms with Gasteiger partial charge in [0, 0.05) is 49.2 Å². The van der Waals surface area contributed by atoms with Gasteiger partial charge in [-0.15, -0.1) is 12.4 Å². The molecular formula is C24H28ClN3O3. The largest absolute Gasteiger partial charge is 0.508 e. The third-order valence-corrected chi connectivity index (χ3v) is 6.97. The minimum absolute atomic E-state index is 0. The van der Waals surface area contributed by atoms with Gasteiger partial charge in [-0.1, -0.05) is 12.1 Å². The number of nitrogens with zero attached hydrogens (tertiary/aromatic N) is 2. The summed E-state index contributed by atoms with van der Waals surface area (Å²) < 4.78 is 7.35. The number of aromatic nitrogens is 1. The fourth-order valence-electron chi connectivity index (χ4n) is 5.33. The van der Waals surface area contributed by atoms with E-state index in [1.54, 1.807) is 19.2 Å². The smallest absolute Gasteiger partial charge is 0.256 e. The molecule has 0 radical (unpaired) electrons. The number of hydrogen-bond acceptors (Lipinski definition) is 4. The van der Waals surface area contributed by atoms with Gasteiger partial charge in [0.1, 0.15) is 11.5 Å². The maximum atomic E-state index is 13.9. The fraction of sp³-hybridized carbons (Fsp3) is 0.375. The molecular weight excluding hydrogens is 414 g/mol. The molecule has 2 saturated heterocycles. The Hall–Kier alpha value is -2.70. The van der Waals surface area contributed by atoms with Crippen LogP contribution in [0.5, 0.6) is 11.5 Å². The fourth-order valence-corrected chi connectivity index (χ4v) is 5.33. The number of benzene rings is 2. The molecule has 2 aliphatic rings.